The van der Waals surface area contributed by atoms with Crippen molar-refractivity contribution in [3.05, 3.63) is 0 Å². The van der Waals surface area contributed by atoms with Crippen LogP contribution in [0.25, 0.3) is 0 Å². The number of carboxylic acids is 1. The molecule has 6 heteroatoms. The third-order valence-electron chi connectivity index (χ3n) is 4.15. The molecule has 2 fully saturated rings. The average Bonchev–Trinajstić information content (AvgIpc) is 2.38. The highest BCUT2D eigenvalue weighted by molar-refractivity contribution is 5.78. The van der Waals surface area contributed by atoms with Crippen LogP contribution in [0.4, 0.5) is 4.79 Å². The van der Waals surface area contributed by atoms with E-state index in [2.05, 4.69) is 0 Å². The summed E-state index contributed by atoms with van der Waals surface area (Å²) in [4.78, 5) is 26.9. The highest BCUT2D eigenvalue weighted by Crippen LogP contribution is 2.30. The van der Waals surface area contributed by atoms with E-state index in [1.165, 1.54) is 0 Å². The molecule has 0 bridgehead atoms. The molecule has 0 aromatic rings. The van der Waals surface area contributed by atoms with Gasteiger partial charge >= 0.3 is 12.0 Å². The van der Waals surface area contributed by atoms with Gasteiger partial charge in [-0.05, 0) is 32.6 Å². The van der Waals surface area contributed by atoms with E-state index in [0.29, 0.717) is 32.5 Å². The molecule has 2 heterocycles. The van der Waals surface area contributed by atoms with Gasteiger partial charge in [0.25, 0.3) is 0 Å². The van der Waals surface area contributed by atoms with Crippen molar-refractivity contribution in [3.8, 4) is 0 Å². The van der Waals surface area contributed by atoms with Crippen LogP contribution in [0.5, 0.6) is 0 Å². The van der Waals surface area contributed by atoms with Crippen LogP contribution >= 0.6 is 0 Å². The Morgan fingerprint density at radius 1 is 1.21 bits per heavy atom. The van der Waals surface area contributed by atoms with Crippen molar-refractivity contribution in [3.63, 3.8) is 0 Å². The summed E-state index contributed by atoms with van der Waals surface area (Å²) >= 11 is 0. The van der Waals surface area contributed by atoms with Gasteiger partial charge in [-0.1, -0.05) is 0 Å². The highest BCUT2D eigenvalue weighted by atomic mass is 16.4. The second-order valence-electron chi connectivity index (χ2n) is 5.92. The number of likely N-dealkylation sites (tertiary alicyclic amines) is 2. The predicted molar refractivity (Wildman–Crippen MR) is 68.8 cm³/mol. The number of nitrogens with zero attached hydrogens (tertiary/aromatic N) is 2. The van der Waals surface area contributed by atoms with Crippen molar-refractivity contribution >= 4 is 12.0 Å². The quantitative estimate of drug-likeness (QED) is 0.736. The topological polar surface area (TPSA) is 81.1 Å². The number of carbonyl (C=O) groups is 2. The van der Waals surface area contributed by atoms with Crippen LogP contribution in [0.1, 0.15) is 32.6 Å². The fourth-order valence-electron chi connectivity index (χ4n) is 2.91. The molecule has 108 valence electrons. The Morgan fingerprint density at radius 2 is 1.89 bits per heavy atom. The molecule has 2 atom stereocenters. The molecule has 0 saturated carbocycles. The fraction of sp³-hybridized carbons (Fsp3) is 0.846. The van der Waals surface area contributed by atoms with Gasteiger partial charge < -0.3 is 20.0 Å². The summed E-state index contributed by atoms with van der Waals surface area (Å²) in [7, 11) is 0. The Balaban J connectivity index is 2.01. The Bertz CT molecular complexity index is 374. The van der Waals surface area contributed by atoms with Crippen molar-refractivity contribution in [1.82, 2.24) is 9.80 Å². The zero-order chi connectivity index (χ0) is 14.0. The summed E-state index contributed by atoms with van der Waals surface area (Å²) in [6.45, 7) is 3.57. The number of aliphatic hydroxyl groups excluding tert-OH is 1. The minimum Gasteiger partial charge on any atom is -0.481 e. The lowest BCUT2D eigenvalue weighted by Gasteiger charge is -2.41. The number of aliphatic hydroxyl groups is 1. The molecular formula is C13H22N2O4. The zero-order valence-electron chi connectivity index (χ0n) is 11.3. The van der Waals surface area contributed by atoms with Gasteiger partial charge in [-0.15, -0.1) is 0 Å². The molecule has 19 heavy (non-hydrogen) atoms. The van der Waals surface area contributed by atoms with Crippen molar-refractivity contribution in [2.24, 2.45) is 5.41 Å². The standard InChI is InChI=1S/C13H22N2O4/c1-13(11(17)18)5-3-7-15(9-13)12(19)14-6-2-4-10(16)8-14/h10,16H,2-9H2,1H3,(H,17,18). The van der Waals surface area contributed by atoms with Crippen LogP contribution in [0.3, 0.4) is 0 Å². The molecule has 0 radical (unpaired) electrons. The zero-order valence-corrected chi connectivity index (χ0v) is 11.3. The summed E-state index contributed by atoms with van der Waals surface area (Å²) in [5.41, 5.74) is -0.845. The first kappa shape index (κ1) is 14.1. The molecule has 0 spiro atoms. The van der Waals surface area contributed by atoms with Gasteiger partial charge in [0.15, 0.2) is 0 Å². The summed E-state index contributed by atoms with van der Waals surface area (Å²) in [6, 6.07) is -0.133. The van der Waals surface area contributed by atoms with Crippen molar-refractivity contribution < 1.29 is 19.8 Å². The first-order chi connectivity index (χ1) is 8.92. The Hall–Kier alpha value is -1.30. The summed E-state index contributed by atoms with van der Waals surface area (Å²) in [5.74, 6) is -0.844. The number of aliphatic carboxylic acids is 1. The summed E-state index contributed by atoms with van der Waals surface area (Å²) in [5, 5.41) is 18.9. The van der Waals surface area contributed by atoms with Gasteiger partial charge in [0.2, 0.25) is 0 Å². The van der Waals surface area contributed by atoms with Crippen LogP contribution in [-0.4, -0.2) is 64.3 Å². The Labute approximate surface area is 113 Å². The first-order valence-corrected chi connectivity index (χ1v) is 6.88. The van der Waals surface area contributed by atoms with E-state index in [0.717, 1.165) is 12.8 Å². The van der Waals surface area contributed by atoms with Crippen molar-refractivity contribution in [1.29, 1.82) is 0 Å². The van der Waals surface area contributed by atoms with Gasteiger partial charge in [0.1, 0.15) is 0 Å². The third-order valence-corrected chi connectivity index (χ3v) is 4.15. The number of hydrogen-bond donors (Lipinski definition) is 2. The van der Waals surface area contributed by atoms with Crippen LogP contribution in [0, 0.1) is 5.41 Å². The molecular weight excluding hydrogens is 248 g/mol. The van der Waals surface area contributed by atoms with E-state index in [1.807, 2.05) is 0 Å². The van der Waals surface area contributed by atoms with Gasteiger partial charge in [-0.25, -0.2) is 4.79 Å². The smallest absolute Gasteiger partial charge is 0.320 e. The lowest BCUT2D eigenvalue weighted by atomic mass is 9.82. The molecule has 2 aliphatic heterocycles. The molecule has 6 nitrogen and oxygen atoms in total. The molecule has 0 aromatic carbocycles. The lowest BCUT2D eigenvalue weighted by Crippen LogP contribution is -2.54. The number of hydrogen-bond acceptors (Lipinski definition) is 3. The number of rotatable bonds is 1. The average molecular weight is 270 g/mol. The van der Waals surface area contributed by atoms with Crippen molar-refractivity contribution in [2.45, 2.75) is 38.7 Å². The molecule has 2 N–H and O–H groups in total. The normalized spacial score (nSPS) is 32.2. The maximum Gasteiger partial charge on any atom is 0.320 e. The minimum absolute atomic E-state index is 0.133. The van der Waals surface area contributed by atoms with Crippen molar-refractivity contribution in [2.75, 3.05) is 26.2 Å². The Kier molecular flexibility index (Phi) is 3.99. The number of carboxylic acid groups (broad SMARTS) is 1. The Morgan fingerprint density at radius 3 is 2.53 bits per heavy atom. The number of carbonyl (C=O) groups excluding carboxylic acids is 1. The lowest BCUT2D eigenvalue weighted by molar-refractivity contribution is -0.150. The van der Waals surface area contributed by atoms with E-state index in [1.54, 1.807) is 16.7 Å². The predicted octanol–water partition coefficient (Wildman–Crippen LogP) is 0.750. The van der Waals surface area contributed by atoms with Gasteiger partial charge in [0, 0.05) is 26.2 Å². The van der Waals surface area contributed by atoms with E-state index in [-0.39, 0.29) is 12.6 Å². The monoisotopic (exact) mass is 270 g/mol. The maximum absolute atomic E-state index is 12.4. The van der Waals surface area contributed by atoms with Gasteiger partial charge in [0.05, 0.1) is 11.5 Å². The molecule has 2 rings (SSSR count). The molecule has 0 aromatic heterocycles. The number of piperidine rings is 2. The van der Waals surface area contributed by atoms with E-state index in [4.69, 9.17) is 0 Å². The second kappa shape index (κ2) is 5.36. The maximum atomic E-state index is 12.4. The third kappa shape index (κ3) is 3.00. The SMILES string of the molecule is CC1(C(=O)O)CCCN(C(=O)N2CCCC(O)C2)C1. The fourth-order valence-corrected chi connectivity index (χ4v) is 2.91. The molecule has 2 unspecified atom stereocenters. The van der Waals surface area contributed by atoms with E-state index in [9.17, 15) is 19.8 Å². The van der Waals surface area contributed by atoms with Crippen LogP contribution < -0.4 is 0 Å². The minimum atomic E-state index is -0.845. The van der Waals surface area contributed by atoms with E-state index < -0.39 is 17.5 Å². The molecule has 0 aliphatic carbocycles. The number of urea groups is 1. The second-order valence-corrected chi connectivity index (χ2v) is 5.92. The molecule has 2 amide bonds. The molecule has 2 aliphatic rings. The highest BCUT2D eigenvalue weighted by Gasteiger charge is 2.40. The molecule has 2 saturated heterocycles. The first-order valence-electron chi connectivity index (χ1n) is 6.88. The van der Waals surface area contributed by atoms with E-state index >= 15 is 0 Å². The summed E-state index contributed by atoms with van der Waals surface area (Å²) in [6.07, 6.45) is 2.40. The van der Waals surface area contributed by atoms with Gasteiger partial charge in [-0.2, -0.15) is 0 Å². The van der Waals surface area contributed by atoms with Crippen LogP contribution in [0.2, 0.25) is 0 Å². The number of β-amino-alcohol motifs (C(OH)–C–C–N with tert-alkyl or cyclic N) is 1. The largest absolute Gasteiger partial charge is 0.481 e. The van der Waals surface area contributed by atoms with Crippen LogP contribution in [0.15, 0.2) is 0 Å². The summed E-state index contributed by atoms with van der Waals surface area (Å²) < 4.78 is 0. The number of amides is 2. The van der Waals surface area contributed by atoms with Gasteiger partial charge in [-0.3, -0.25) is 4.79 Å². The van der Waals surface area contributed by atoms with Crippen LogP contribution in [-0.2, 0) is 4.79 Å².